The molecule has 0 spiro atoms. The van der Waals surface area contributed by atoms with Crippen LogP contribution in [-0.4, -0.2) is 18.8 Å². The average molecular weight is 252 g/mol. The normalized spacial score (nSPS) is 30.8. The molecule has 1 aromatic rings. The Hall–Kier alpha value is -0.730. The van der Waals surface area contributed by atoms with Crippen molar-refractivity contribution in [2.24, 2.45) is 5.92 Å². The van der Waals surface area contributed by atoms with Gasteiger partial charge in [-0.05, 0) is 43.9 Å². The van der Waals surface area contributed by atoms with Gasteiger partial charge in [0.1, 0.15) is 0 Å². The zero-order valence-corrected chi connectivity index (χ0v) is 10.8. The monoisotopic (exact) mass is 251 g/mol. The van der Waals surface area contributed by atoms with Crippen LogP contribution in [0.5, 0.6) is 0 Å². The van der Waals surface area contributed by atoms with E-state index in [2.05, 4.69) is 17.4 Å². The Balaban J connectivity index is 1.59. The SMILES string of the molecule is Cc1ccc(NCC2CC3CCC2O3)cc1Cl. The fraction of sp³-hybridized carbons (Fsp3) is 0.571. The standard InChI is InChI=1S/C14H18ClNO/c1-9-2-3-11(7-13(9)15)16-8-10-6-12-4-5-14(10)17-12/h2-3,7,10,12,14,16H,4-6,8H2,1H3. The van der Waals surface area contributed by atoms with Gasteiger partial charge in [-0.15, -0.1) is 0 Å². The van der Waals surface area contributed by atoms with Gasteiger partial charge in [0.2, 0.25) is 0 Å². The number of ether oxygens (including phenoxy) is 1. The maximum absolute atomic E-state index is 6.11. The van der Waals surface area contributed by atoms with E-state index in [1.807, 2.05) is 13.0 Å². The topological polar surface area (TPSA) is 21.3 Å². The smallest absolute Gasteiger partial charge is 0.0625 e. The van der Waals surface area contributed by atoms with Crippen LogP contribution in [0, 0.1) is 12.8 Å². The van der Waals surface area contributed by atoms with E-state index < -0.39 is 0 Å². The van der Waals surface area contributed by atoms with Crippen LogP contribution in [0.2, 0.25) is 5.02 Å². The number of rotatable bonds is 3. The molecule has 2 heterocycles. The van der Waals surface area contributed by atoms with Crippen molar-refractivity contribution in [1.29, 1.82) is 0 Å². The summed E-state index contributed by atoms with van der Waals surface area (Å²) < 4.78 is 5.85. The lowest BCUT2D eigenvalue weighted by Gasteiger charge is -2.19. The molecule has 0 saturated carbocycles. The number of hydrogen-bond acceptors (Lipinski definition) is 2. The number of halogens is 1. The molecule has 3 heteroatoms. The van der Waals surface area contributed by atoms with Crippen LogP contribution in [0.3, 0.4) is 0 Å². The summed E-state index contributed by atoms with van der Waals surface area (Å²) in [4.78, 5) is 0. The molecule has 2 saturated heterocycles. The maximum atomic E-state index is 6.11. The summed E-state index contributed by atoms with van der Waals surface area (Å²) in [7, 11) is 0. The van der Waals surface area contributed by atoms with Gasteiger partial charge in [-0.2, -0.15) is 0 Å². The number of fused-ring (bicyclic) bond motifs is 2. The van der Waals surface area contributed by atoms with E-state index in [4.69, 9.17) is 16.3 Å². The van der Waals surface area contributed by atoms with Gasteiger partial charge in [-0.25, -0.2) is 0 Å². The summed E-state index contributed by atoms with van der Waals surface area (Å²) >= 11 is 6.11. The molecule has 0 radical (unpaired) electrons. The van der Waals surface area contributed by atoms with Crippen LogP contribution < -0.4 is 5.32 Å². The van der Waals surface area contributed by atoms with Crippen molar-refractivity contribution in [3.8, 4) is 0 Å². The minimum atomic E-state index is 0.494. The summed E-state index contributed by atoms with van der Waals surface area (Å²) in [6.45, 7) is 3.02. The van der Waals surface area contributed by atoms with Gasteiger partial charge in [0.25, 0.3) is 0 Å². The van der Waals surface area contributed by atoms with E-state index in [1.165, 1.54) is 19.3 Å². The van der Waals surface area contributed by atoms with E-state index >= 15 is 0 Å². The number of benzene rings is 1. The van der Waals surface area contributed by atoms with Crippen LogP contribution >= 0.6 is 11.6 Å². The molecule has 0 aliphatic carbocycles. The molecule has 2 fully saturated rings. The Morgan fingerprint density at radius 3 is 2.94 bits per heavy atom. The molecule has 0 amide bonds. The van der Waals surface area contributed by atoms with E-state index in [1.54, 1.807) is 0 Å². The van der Waals surface area contributed by atoms with Crippen molar-refractivity contribution in [3.63, 3.8) is 0 Å². The molecule has 2 aliphatic heterocycles. The van der Waals surface area contributed by atoms with Crippen molar-refractivity contribution in [2.75, 3.05) is 11.9 Å². The molecule has 3 rings (SSSR count). The molecule has 3 atom stereocenters. The van der Waals surface area contributed by atoms with Crippen molar-refractivity contribution < 1.29 is 4.74 Å². The van der Waals surface area contributed by atoms with Crippen molar-refractivity contribution in [1.82, 2.24) is 0 Å². The fourth-order valence-electron chi connectivity index (χ4n) is 2.91. The zero-order chi connectivity index (χ0) is 11.8. The molecule has 17 heavy (non-hydrogen) atoms. The lowest BCUT2D eigenvalue weighted by molar-refractivity contribution is 0.0941. The lowest BCUT2D eigenvalue weighted by atomic mass is 9.89. The van der Waals surface area contributed by atoms with Gasteiger partial charge in [0, 0.05) is 23.2 Å². The van der Waals surface area contributed by atoms with Crippen molar-refractivity contribution in [3.05, 3.63) is 28.8 Å². The first-order valence-electron chi connectivity index (χ1n) is 6.38. The van der Waals surface area contributed by atoms with Crippen LogP contribution in [0.1, 0.15) is 24.8 Å². The quantitative estimate of drug-likeness (QED) is 0.886. The van der Waals surface area contributed by atoms with Crippen LogP contribution in [0.4, 0.5) is 5.69 Å². The highest BCUT2D eigenvalue weighted by Crippen LogP contribution is 2.38. The number of nitrogens with one attached hydrogen (secondary N) is 1. The zero-order valence-electron chi connectivity index (χ0n) is 10.1. The Kier molecular flexibility index (Phi) is 3.01. The Morgan fingerprint density at radius 2 is 2.29 bits per heavy atom. The van der Waals surface area contributed by atoms with Crippen LogP contribution in [0.15, 0.2) is 18.2 Å². The average Bonchev–Trinajstić information content (AvgIpc) is 2.92. The number of hydrogen-bond donors (Lipinski definition) is 1. The summed E-state index contributed by atoms with van der Waals surface area (Å²) in [6.07, 6.45) is 4.75. The minimum Gasteiger partial charge on any atom is -0.385 e. The maximum Gasteiger partial charge on any atom is 0.0625 e. The highest BCUT2D eigenvalue weighted by atomic mass is 35.5. The Bertz CT molecular complexity index is 421. The minimum absolute atomic E-state index is 0.494. The second kappa shape index (κ2) is 4.51. The Labute approximate surface area is 107 Å². The third-order valence-corrected chi connectivity index (χ3v) is 4.38. The predicted octanol–water partition coefficient (Wildman–Crippen LogP) is 3.63. The first-order chi connectivity index (χ1) is 8.22. The van der Waals surface area contributed by atoms with E-state index in [9.17, 15) is 0 Å². The second-order valence-corrected chi connectivity index (χ2v) is 5.62. The molecule has 2 nitrogen and oxygen atoms in total. The molecule has 0 aromatic heterocycles. The third-order valence-electron chi connectivity index (χ3n) is 3.97. The third kappa shape index (κ3) is 2.29. The summed E-state index contributed by atoms with van der Waals surface area (Å²) in [5.74, 6) is 0.675. The van der Waals surface area contributed by atoms with E-state index in [-0.39, 0.29) is 0 Å². The molecule has 3 unspecified atom stereocenters. The molecule has 92 valence electrons. The highest BCUT2D eigenvalue weighted by molar-refractivity contribution is 6.31. The van der Waals surface area contributed by atoms with E-state index in [0.717, 1.165) is 22.8 Å². The molecule has 1 N–H and O–H groups in total. The molecule has 1 aromatic carbocycles. The van der Waals surface area contributed by atoms with Gasteiger partial charge in [-0.3, -0.25) is 0 Å². The van der Waals surface area contributed by atoms with Gasteiger partial charge >= 0.3 is 0 Å². The van der Waals surface area contributed by atoms with Gasteiger partial charge in [-0.1, -0.05) is 17.7 Å². The Morgan fingerprint density at radius 1 is 1.41 bits per heavy atom. The number of aryl methyl sites for hydroxylation is 1. The summed E-state index contributed by atoms with van der Waals surface area (Å²) in [5.41, 5.74) is 2.24. The molecular formula is C14H18ClNO. The van der Waals surface area contributed by atoms with Crippen LogP contribution in [0.25, 0.3) is 0 Å². The summed E-state index contributed by atoms with van der Waals surface area (Å²) in [5, 5.41) is 4.31. The van der Waals surface area contributed by atoms with Gasteiger partial charge < -0.3 is 10.1 Å². The fourth-order valence-corrected chi connectivity index (χ4v) is 3.09. The van der Waals surface area contributed by atoms with Gasteiger partial charge in [0.15, 0.2) is 0 Å². The molecule has 2 bridgehead atoms. The molecule has 2 aliphatic rings. The highest BCUT2D eigenvalue weighted by Gasteiger charge is 2.40. The largest absolute Gasteiger partial charge is 0.385 e. The van der Waals surface area contributed by atoms with E-state index in [0.29, 0.717) is 18.1 Å². The predicted molar refractivity (Wildman–Crippen MR) is 70.7 cm³/mol. The number of anilines is 1. The second-order valence-electron chi connectivity index (χ2n) is 5.21. The van der Waals surface area contributed by atoms with Crippen molar-refractivity contribution >= 4 is 17.3 Å². The first-order valence-corrected chi connectivity index (χ1v) is 6.75. The molecular weight excluding hydrogens is 234 g/mol. The van der Waals surface area contributed by atoms with Gasteiger partial charge in [0.05, 0.1) is 12.2 Å². The lowest BCUT2D eigenvalue weighted by Crippen LogP contribution is -2.24. The summed E-state index contributed by atoms with van der Waals surface area (Å²) in [6, 6.07) is 6.15. The van der Waals surface area contributed by atoms with Crippen LogP contribution in [-0.2, 0) is 4.74 Å². The van der Waals surface area contributed by atoms with Crippen molar-refractivity contribution in [2.45, 2.75) is 38.4 Å². The first kappa shape index (κ1) is 11.4.